The van der Waals surface area contributed by atoms with E-state index in [4.69, 9.17) is 0 Å². The predicted molar refractivity (Wildman–Crippen MR) is 77.8 cm³/mol. The Morgan fingerprint density at radius 1 is 1.35 bits per heavy atom. The molecule has 0 amide bonds. The first kappa shape index (κ1) is 15.4. The minimum atomic E-state index is -0.299. The molecule has 1 fully saturated rings. The van der Waals surface area contributed by atoms with E-state index in [9.17, 15) is 9.50 Å². The van der Waals surface area contributed by atoms with Crippen LogP contribution in [0.3, 0.4) is 0 Å². The van der Waals surface area contributed by atoms with Gasteiger partial charge in [-0.1, -0.05) is 19.3 Å². The second-order valence-electron chi connectivity index (χ2n) is 5.84. The molecular formula is C16H25FN2O. The van der Waals surface area contributed by atoms with Crippen LogP contribution >= 0.6 is 0 Å². The topological polar surface area (TPSA) is 45.1 Å². The van der Waals surface area contributed by atoms with Gasteiger partial charge in [0.05, 0.1) is 6.20 Å². The van der Waals surface area contributed by atoms with Crippen LogP contribution in [0.1, 0.15) is 57.1 Å². The van der Waals surface area contributed by atoms with E-state index in [0.29, 0.717) is 12.0 Å². The number of aliphatic hydroxyl groups is 1. The summed E-state index contributed by atoms with van der Waals surface area (Å²) in [5.74, 6) is 0.326. The van der Waals surface area contributed by atoms with Gasteiger partial charge >= 0.3 is 0 Å². The molecule has 0 radical (unpaired) electrons. The van der Waals surface area contributed by atoms with Crippen LogP contribution in [0, 0.1) is 11.7 Å². The smallest absolute Gasteiger partial charge is 0.141 e. The van der Waals surface area contributed by atoms with Crippen molar-refractivity contribution in [2.75, 3.05) is 6.61 Å². The lowest BCUT2D eigenvalue weighted by Crippen LogP contribution is -2.39. The molecule has 1 aromatic heterocycles. The quantitative estimate of drug-likeness (QED) is 0.841. The van der Waals surface area contributed by atoms with Crippen molar-refractivity contribution in [3.05, 3.63) is 29.8 Å². The highest BCUT2D eigenvalue weighted by Crippen LogP contribution is 2.29. The number of aliphatic hydroxyl groups excluding tert-OH is 1. The monoisotopic (exact) mass is 280 g/mol. The summed E-state index contributed by atoms with van der Waals surface area (Å²) in [7, 11) is 0. The molecule has 1 aromatic rings. The van der Waals surface area contributed by atoms with Gasteiger partial charge < -0.3 is 10.4 Å². The molecule has 0 aliphatic heterocycles. The highest BCUT2D eigenvalue weighted by atomic mass is 19.1. The molecule has 2 rings (SSSR count). The van der Waals surface area contributed by atoms with Crippen molar-refractivity contribution in [2.45, 2.75) is 57.5 Å². The molecular weight excluding hydrogens is 255 g/mol. The SMILES string of the molecule is CC(NC(CCO)C1CCCCC1)c1cncc(F)c1. The second-order valence-corrected chi connectivity index (χ2v) is 5.84. The van der Waals surface area contributed by atoms with Crippen LogP contribution in [0.4, 0.5) is 4.39 Å². The van der Waals surface area contributed by atoms with E-state index in [0.717, 1.165) is 12.0 Å². The first-order valence-electron chi connectivity index (χ1n) is 7.68. The normalized spacial score (nSPS) is 19.8. The summed E-state index contributed by atoms with van der Waals surface area (Å²) in [6, 6.07) is 1.89. The third-order valence-corrected chi connectivity index (χ3v) is 4.35. The zero-order chi connectivity index (χ0) is 14.4. The van der Waals surface area contributed by atoms with Crippen LogP contribution in [-0.4, -0.2) is 22.7 Å². The fourth-order valence-electron chi connectivity index (χ4n) is 3.21. The zero-order valence-electron chi connectivity index (χ0n) is 12.2. The zero-order valence-corrected chi connectivity index (χ0v) is 12.2. The number of hydrogen-bond donors (Lipinski definition) is 2. The van der Waals surface area contributed by atoms with Gasteiger partial charge in [0, 0.05) is 24.9 Å². The van der Waals surface area contributed by atoms with E-state index in [1.165, 1.54) is 44.4 Å². The van der Waals surface area contributed by atoms with Crippen molar-refractivity contribution < 1.29 is 9.50 Å². The summed E-state index contributed by atoms with van der Waals surface area (Å²) in [6.07, 6.45) is 10.0. The maximum atomic E-state index is 13.2. The van der Waals surface area contributed by atoms with Gasteiger partial charge in [-0.15, -0.1) is 0 Å². The molecule has 0 aromatic carbocycles. The Bertz CT molecular complexity index is 407. The molecule has 2 atom stereocenters. The van der Waals surface area contributed by atoms with Gasteiger partial charge in [0.25, 0.3) is 0 Å². The largest absolute Gasteiger partial charge is 0.396 e. The van der Waals surface area contributed by atoms with Gasteiger partial charge in [0.2, 0.25) is 0 Å². The van der Waals surface area contributed by atoms with Crippen LogP contribution < -0.4 is 5.32 Å². The number of aromatic nitrogens is 1. The summed E-state index contributed by atoms with van der Waals surface area (Å²) in [4.78, 5) is 3.91. The number of rotatable bonds is 6. The van der Waals surface area contributed by atoms with Gasteiger partial charge in [0.15, 0.2) is 0 Å². The van der Waals surface area contributed by atoms with E-state index < -0.39 is 0 Å². The minimum absolute atomic E-state index is 0.0525. The first-order chi connectivity index (χ1) is 9.70. The lowest BCUT2D eigenvalue weighted by molar-refractivity contribution is 0.198. The highest BCUT2D eigenvalue weighted by Gasteiger charge is 2.24. The van der Waals surface area contributed by atoms with Gasteiger partial charge in [-0.2, -0.15) is 0 Å². The van der Waals surface area contributed by atoms with E-state index in [1.54, 1.807) is 6.20 Å². The number of nitrogens with zero attached hydrogens (tertiary/aromatic N) is 1. The Balaban J connectivity index is 1.99. The second kappa shape index (κ2) is 7.70. The maximum Gasteiger partial charge on any atom is 0.141 e. The number of pyridine rings is 1. The van der Waals surface area contributed by atoms with Crippen LogP contribution in [0.15, 0.2) is 18.5 Å². The molecule has 2 N–H and O–H groups in total. The standard InChI is InChI=1S/C16H25FN2O/c1-12(14-9-15(17)11-18-10-14)19-16(7-8-20)13-5-3-2-4-6-13/h9-13,16,19-20H,2-8H2,1H3. The summed E-state index contributed by atoms with van der Waals surface area (Å²) < 4.78 is 13.2. The fraction of sp³-hybridized carbons (Fsp3) is 0.688. The van der Waals surface area contributed by atoms with Crippen LogP contribution in [-0.2, 0) is 0 Å². The van der Waals surface area contributed by atoms with Crippen molar-refractivity contribution in [1.29, 1.82) is 0 Å². The van der Waals surface area contributed by atoms with Crippen LogP contribution in [0.25, 0.3) is 0 Å². The molecule has 2 unspecified atom stereocenters. The van der Waals surface area contributed by atoms with Crippen molar-refractivity contribution in [1.82, 2.24) is 10.3 Å². The van der Waals surface area contributed by atoms with Gasteiger partial charge in [-0.25, -0.2) is 4.39 Å². The van der Waals surface area contributed by atoms with Gasteiger partial charge in [0.1, 0.15) is 5.82 Å². The molecule has 0 spiro atoms. The Hall–Kier alpha value is -1.00. The van der Waals surface area contributed by atoms with Crippen LogP contribution in [0.2, 0.25) is 0 Å². The van der Waals surface area contributed by atoms with E-state index in [2.05, 4.69) is 10.3 Å². The molecule has 3 nitrogen and oxygen atoms in total. The third-order valence-electron chi connectivity index (χ3n) is 4.35. The average molecular weight is 280 g/mol. The Morgan fingerprint density at radius 2 is 2.10 bits per heavy atom. The number of hydrogen-bond acceptors (Lipinski definition) is 3. The summed E-state index contributed by atoms with van der Waals surface area (Å²) >= 11 is 0. The molecule has 4 heteroatoms. The van der Waals surface area contributed by atoms with Crippen molar-refractivity contribution in [3.63, 3.8) is 0 Å². The number of nitrogens with one attached hydrogen (secondary N) is 1. The molecule has 0 saturated heterocycles. The molecule has 112 valence electrons. The van der Waals surface area contributed by atoms with E-state index >= 15 is 0 Å². The Morgan fingerprint density at radius 3 is 2.75 bits per heavy atom. The fourth-order valence-corrected chi connectivity index (χ4v) is 3.21. The molecule has 1 heterocycles. The van der Waals surface area contributed by atoms with Gasteiger partial charge in [-0.3, -0.25) is 4.98 Å². The van der Waals surface area contributed by atoms with Gasteiger partial charge in [-0.05, 0) is 43.7 Å². The summed E-state index contributed by atoms with van der Waals surface area (Å²) in [6.45, 7) is 2.23. The minimum Gasteiger partial charge on any atom is -0.396 e. The molecule has 1 saturated carbocycles. The van der Waals surface area contributed by atoms with Crippen molar-refractivity contribution >= 4 is 0 Å². The third kappa shape index (κ3) is 4.25. The average Bonchev–Trinajstić information content (AvgIpc) is 2.47. The number of halogens is 1. The molecule has 1 aliphatic carbocycles. The lowest BCUT2D eigenvalue weighted by atomic mass is 9.82. The highest BCUT2D eigenvalue weighted by molar-refractivity contribution is 5.14. The molecule has 1 aliphatic rings. The molecule has 20 heavy (non-hydrogen) atoms. The molecule has 0 bridgehead atoms. The van der Waals surface area contributed by atoms with Crippen molar-refractivity contribution in [3.8, 4) is 0 Å². The maximum absolute atomic E-state index is 13.2. The Kier molecular flexibility index (Phi) is 5.92. The summed E-state index contributed by atoms with van der Waals surface area (Å²) in [5.41, 5.74) is 0.865. The van der Waals surface area contributed by atoms with Crippen LogP contribution in [0.5, 0.6) is 0 Å². The predicted octanol–water partition coefficient (Wildman–Crippen LogP) is 3.20. The van der Waals surface area contributed by atoms with E-state index in [1.807, 2.05) is 6.92 Å². The lowest BCUT2D eigenvalue weighted by Gasteiger charge is -2.33. The van der Waals surface area contributed by atoms with E-state index in [-0.39, 0.29) is 18.5 Å². The summed E-state index contributed by atoms with van der Waals surface area (Å²) in [5, 5.41) is 12.8. The Labute approximate surface area is 120 Å². The van der Waals surface area contributed by atoms with Crippen molar-refractivity contribution in [2.24, 2.45) is 5.92 Å². The first-order valence-corrected chi connectivity index (χ1v) is 7.68.